The first kappa shape index (κ1) is 6.01. The van der Waals surface area contributed by atoms with E-state index in [1.807, 2.05) is 0 Å². The second-order valence-electron chi connectivity index (χ2n) is 5.23. The molecule has 0 radical (unpaired) electrons. The van der Waals surface area contributed by atoms with Gasteiger partial charge in [-0.2, -0.15) is 0 Å². The first-order chi connectivity index (χ1) is 5.75. The molecular formula is C10H12O2. The molecule has 2 heteroatoms. The van der Waals surface area contributed by atoms with Gasteiger partial charge in [0.05, 0.1) is 5.41 Å². The van der Waals surface area contributed by atoms with Gasteiger partial charge >= 0.3 is 5.97 Å². The zero-order valence-corrected chi connectivity index (χ0v) is 6.86. The van der Waals surface area contributed by atoms with E-state index in [0.717, 1.165) is 24.2 Å². The van der Waals surface area contributed by atoms with Crippen LogP contribution in [0.5, 0.6) is 0 Å². The molecule has 2 nitrogen and oxygen atoms in total. The maximum Gasteiger partial charge on any atom is 0.310 e. The Bertz CT molecular complexity index is 278. The Balaban J connectivity index is 1.90. The Morgan fingerprint density at radius 2 is 1.75 bits per heavy atom. The molecule has 4 unspecified atom stereocenters. The molecule has 12 heavy (non-hydrogen) atoms. The predicted molar refractivity (Wildman–Crippen MR) is 41.4 cm³/mol. The molecular weight excluding hydrogens is 152 g/mol. The van der Waals surface area contributed by atoms with Gasteiger partial charge in [0.25, 0.3) is 0 Å². The van der Waals surface area contributed by atoms with Gasteiger partial charge < -0.3 is 5.11 Å². The van der Waals surface area contributed by atoms with E-state index in [9.17, 15) is 9.90 Å². The Morgan fingerprint density at radius 1 is 1.17 bits per heavy atom. The maximum absolute atomic E-state index is 11.3. The number of carboxylic acids is 1. The van der Waals surface area contributed by atoms with E-state index in [1.165, 1.54) is 12.8 Å². The summed E-state index contributed by atoms with van der Waals surface area (Å²) in [4.78, 5) is 11.3. The Kier molecular flexibility index (Phi) is 0.671. The summed E-state index contributed by atoms with van der Waals surface area (Å²) in [7, 11) is 0. The van der Waals surface area contributed by atoms with Gasteiger partial charge in [-0.3, -0.25) is 4.79 Å². The molecule has 4 aliphatic carbocycles. The summed E-state index contributed by atoms with van der Waals surface area (Å²) in [6.45, 7) is 0. The zero-order chi connectivity index (χ0) is 8.09. The van der Waals surface area contributed by atoms with Crippen LogP contribution in [0.3, 0.4) is 0 Å². The van der Waals surface area contributed by atoms with E-state index in [1.54, 1.807) is 0 Å². The third kappa shape index (κ3) is 0.377. The molecule has 4 saturated carbocycles. The summed E-state index contributed by atoms with van der Waals surface area (Å²) >= 11 is 0. The van der Waals surface area contributed by atoms with Crippen LogP contribution >= 0.6 is 0 Å². The molecule has 0 aromatic heterocycles. The number of aliphatic carboxylic acids is 1. The summed E-state index contributed by atoms with van der Waals surface area (Å²) in [6, 6.07) is 0. The number of hydrogen-bond donors (Lipinski definition) is 1. The second-order valence-corrected chi connectivity index (χ2v) is 5.23. The lowest BCUT2D eigenvalue weighted by atomic mass is 9.79. The lowest BCUT2D eigenvalue weighted by Gasteiger charge is -2.23. The molecule has 0 aliphatic heterocycles. The fourth-order valence-corrected chi connectivity index (χ4v) is 4.55. The third-order valence-corrected chi connectivity index (χ3v) is 5.07. The van der Waals surface area contributed by atoms with Gasteiger partial charge in [0, 0.05) is 0 Å². The maximum atomic E-state index is 11.3. The van der Waals surface area contributed by atoms with E-state index in [-0.39, 0.29) is 5.41 Å². The molecule has 4 fully saturated rings. The Morgan fingerprint density at radius 3 is 2.17 bits per heavy atom. The first-order valence-corrected chi connectivity index (χ1v) is 4.98. The minimum Gasteiger partial charge on any atom is -0.481 e. The van der Waals surface area contributed by atoms with Crippen LogP contribution in [0.25, 0.3) is 0 Å². The highest BCUT2D eigenvalue weighted by atomic mass is 16.4. The van der Waals surface area contributed by atoms with Gasteiger partial charge in [0.2, 0.25) is 0 Å². The third-order valence-electron chi connectivity index (χ3n) is 5.07. The van der Waals surface area contributed by atoms with Gasteiger partial charge in [0.15, 0.2) is 0 Å². The molecule has 4 atom stereocenters. The number of hydrogen-bond acceptors (Lipinski definition) is 1. The average molecular weight is 164 g/mol. The molecule has 0 spiro atoms. The molecule has 4 aliphatic rings. The van der Waals surface area contributed by atoms with E-state index >= 15 is 0 Å². The fraction of sp³-hybridized carbons (Fsp3) is 0.900. The molecule has 1 N–H and O–H groups in total. The second kappa shape index (κ2) is 1.34. The molecule has 0 aromatic rings. The molecule has 0 heterocycles. The van der Waals surface area contributed by atoms with Crippen LogP contribution in [0.15, 0.2) is 0 Å². The number of carboxylic acid groups (broad SMARTS) is 1. The van der Waals surface area contributed by atoms with Crippen molar-refractivity contribution in [3.63, 3.8) is 0 Å². The molecule has 2 bridgehead atoms. The topological polar surface area (TPSA) is 37.3 Å². The highest BCUT2D eigenvalue weighted by molar-refractivity contribution is 5.79. The summed E-state index contributed by atoms with van der Waals surface area (Å²) in [5.41, 5.74) is -0.208. The number of carbonyl (C=O) groups is 1. The molecule has 4 rings (SSSR count). The van der Waals surface area contributed by atoms with Crippen LogP contribution < -0.4 is 0 Å². The van der Waals surface area contributed by atoms with Gasteiger partial charge in [-0.15, -0.1) is 0 Å². The standard InChI is InChI=1S/C10H12O2/c11-9(12)10-3-6(4-1-7(4)10)5-2-8(5)10/h4-8H,1-3H2,(H,11,12). The molecule has 0 amide bonds. The van der Waals surface area contributed by atoms with Crippen molar-refractivity contribution in [1.29, 1.82) is 0 Å². The quantitative estimate of drug-likeness (QED) is 0.635. The first-order valence-electron chi connectivity index (χ1n) is 4.98. The van der Waals surface area contributed by atoms with Crippen molar-refractivity contribution in [2.24, 2.45) is 35.0 Å². The summed E-state index contributed by atoms with van der Waals surface area (Å²) in [5, 5.41) is 9.28. The van der Waals surface area contributed by atoms with E-state index in [4.69, 9.17) is 0 Å². The Labute approximate surface area is 71.0 Å². The van der Waals surface area contributed by atoms with Crippen LogP contribution in [0.4, 0.5) is 0 Å². The number of rotatable bonds is 1. The van der Waals surface area contributed by atoms with E-state index in [2.05, 4.69) is 0 Å². The Hall–Kier alpha value is -0.530. The van der Waals surface area contributed by atoms with Crippen LogP contribution in [-0.4, -0.2) is 11.1 Å². The van der Waals surface area contributed by atoms with Crippen molar-refractivity contribution >= 4 is 5.97 Å². The van der Waals surface area contributed by atoms with Crippen molar-refractivity contribution in [2.75, 3.05) is 0 Å². The van der Waals surface area contributed by atoms with E-state index < -0.39 is 5.97 Å². The SMILES string of the molecule is O=C(O)C12CC(C3CC31)C1CC12. The minimum atomic E-state index is -0.470. The predicted octanol–water partition coefficient (Wildman–Crippen LogP) is 1.36. The van der Waals surface area contributed by atoms with Crippen molar-refractivity contribution in [3.05, 3.63) is 0 Å². The average Bonchev–Trinajstić information content (AvgIpc) is 2.91. The highest BCUT2D eigenvalue weighted by Gasteiger charge is 2.81. The van der Waals surface area contributed by atoms with Crippen LogP contribution in [0.2, 0.25) is 0 Å². The van der Waals surface area contributed by atoms with Gasteiger partial charge in [-0.25, -0.2) is 0 Å². The summed E-state index contributed by atoms with van der Waals surface area (Å²) in [6.07, 6.45) is 3.51. The van der Waals surface area contributed by atoms with Crippen LogP contribution in [0, 0.1) is 35.0 Å². The molecule has 64 valence electrons. The summed E-state index contributed by atoms with van der Waals surface area (Å²) in [5.74, 6) is 3.24. The van der Waals surface area contributed by atoms with E-state index in [0.29, 0.717) is 11.8 Å². The van der Waals surface area contributed by atoms with Gasteiger partial charge in [-0.1, -0.05) is 0 Å². The monoisotopic (exact) mass is 164 g/mol. The van der Waals surface area contributed by atoms with Gasteiger partial charge in [-0.05, 0) is 48.9 Å². The molecule has 0 saturated heterocycles. The fourth-order valence-electron chi connectivity index (χ4n) is 4.55. The van der Waals surface area contributed by atoms with Crippen molar-refractivity contribution in [2.45, 2.75) is 19.3 Å². The summed E-state index contributed by atoms with van der Waals surface area (Å²) < 4.78 is 0. The lowest BCUT2D eigenvalue weighted by Crippen LogP contribution is -2.32. The van der Waals surface area contributed by atoms with Gasteiger partial charge in [0.1, 0.15) is 0 Å². The molecule has 0 aromatic carbocycles. The normalized spacial score (nSPS) is 68.8. The van der Waals surface area contributed by atoms with Crippen LogP contribution in [0.1, 0.15) is 19.3 Å². The smallest absolute Gasteiger partial charge is 0.310 e. The highest BCUT2D eigenvalue weighted by Crippen LogP contribution is 2.83. The minimum absolute atomic E-state index is 0.208. The zero-order valence-electron chi connectivity index (χ0n) is 6.86. The number of fused-ring (bicyclic) bond motifs is 8. The largest absolute Gasteiger partial charge is 0.481 e. The lowest BCUT2D eigenvalue weighted by molar-refractivity contribution is -0.151. The van der Waals surface area contributed by atoms with Crippen molar-refractivity contribution in [3.8, 4) is 0 Å². The van der Waals surface area contributed by atoms with Crippen LogP contribution in [-0.2, 0) is 4.79 Å². The van der Waals surface area contributed by atoms with Crippen molar-refractivity contribution in [1.82, 2.24) is 0 Å². The van der Waals surface area contributed by atoms with Crippen molar-refractivity contribution < 1.29 is 9.90 Å².